The highest BCUT2D eigenvalue weighted by Gasteiger charge is 2.49. The van der Waals surface area contributed by atoms with E-state index in [1.165, 1.54) is 18.2 Å². The molecule has 30 heavy (non-hydrogen) atoms. The summed E-state index contributed by atoms with van der Waals surface area (Å²) in [5, 5.41) is 13.9. The molecule has 2 aromatic rings. The first-order chi connectivity index (χ1) is 14.3. The second-order valence-electron chi connectivity index (χ2n) is 8.87. The summed E-state index contributed by atoms with van der Waals surface area (Å²) in [6.45, 7) is 4.41. The van der Waals surface area contributed by atoms with Gasteiger partial charge in [-0.25, -0.2) is 8.78 Å². The van der Waals surface area contributed by atoms with Crippen molar-refractivity contribution in [3.8, 4) is 0 Å². The molecule has 2 fully saturated rings. The zero-order chi connectivity index (χ0) is 21.4. The van der Waals surface area contributed by atoms with E-state index in [2.05, 4.69) is 19.2 Å². The van der Waals surface area contributed by atoms with Crippen molar-refractivity contribution in [3.05, 3.63) is 71.3 Å². The van der Waals surface area contributed by atoms with Crippen LogP contribution < -0.4 is 5.32 Å². The molecule has 2 aromatic carbocycles. The molecular formula is C24H28F2N2O2. The van der Waals surface area contributed by atoms with Gasteiger partial charge in [0.15, 0.2) is 0 Å². The van der Waals surface area contributed by atoms with Crippen LogP contribution in [0.1, 0.15) is 49.8 Å². The van der Waals surface area contributed by atoms with Crippen molar-refractivity contribution >= 4 is 5.91 Å². The standard InChI is InChI=1S/C24H28F2N2O2/c1-14(2)11-22-23(29)27-21(17-5-3-4-6-20(17)26)13-28(22)24(30)19-12-18(19)15-7-9-16(25)10-8-15/h3-10,14,18-19,21-23,27,29H,11-13H2,1-2H3/t18-,19+,21+,22-,23?/m0/s1. The zero-order valence-corrected chi connectivity index (χ0v) is 17.3. The molecule has 1 aliphatic heterocycles. The van der Waals surface area contributed by atoms with Crippen LogP contribution in [0.4, 0.5) is 8.78 Å². The van der Waals surface area contributed by atoms with Gasteiger partial charge in [0.1, 0.15) is 17.9 Å². The summed E-state index contributed by atoms with van der Waals surface area (Å²) in [4.78, 5) is 15.2. The zero-order valence-electron chi connectivity index (χ0n) is 17.3. The number of halogens is 2. The maximum Gasteiger partial charge on any atom is 0.226 e. The molecule has 6 heteroatoms. The Morgan fingerprint density at radius 1 is 1.17 bits per heavy atom. The third kappa shape index (κ3) is 4.25. The first-order valence-electron chi connectivity index (χ1n) is 10.6. The predicted octanol–water partition coefficient (Wildman–Crippen LogP) is 3.97. The molecule has 2 aliphatic rings. The topological polar surface area (TPSA) is 52.6 Å². The Hall–Kier alpha value is -2.31. The number of aliphatic hydroxyl groups is 1. The van der Waals surface area contributed by atoms with E-state index < -0.39 is 12.3 Å². The number of aliphatic hydroxyl groups excluding tert-OH is 1. The summed E-state index contributed by atoms with van der Waals surface area (Å²) in [6, 6.07) is 11.9. The second-order valence-corrected chi connectivity index (χ2v) is 8.87. The minimum Gasteiger partial charge on any atom is -0.376 e. The van der Waals surface area contributed by atoms with Gasteiger partial charge in [-0.2, -0.15) is 0 Å². The second kappa shape index (κ2) is 8.44. The average molecular weight is 414 g/mol. The van der Waals surface area contributed by atoms with Gasteiger partial charge < -0.3 is 10.0 Å². The van der Waals surface area contributed by atoms with Crippen LogP contribution in [0.25, 0.3) is 0 Å². The minimum absolute atomic E-state index is 0.0168. The number of benzene rings is 2. The minimum atomic E-state index is -0.933. The Kier molecular flexibility index (Phi) is 5.89. The van der Waals surface area contributed by atoms with E-state index in [0.29, 0.717) is 30.9 Å². The van der Waals surface area contributed by atoms with Crippen LogP contribution in [-0.2, 0) is 4.79 Å². The first kappa shape index (κ1) is 20.9. The molecule has 1 aliphatic carbocycles. The van der Waals surface area contributed by atoms with Gasteiger partial charge in [-0.1, -0.05) is 44.2 Å². The van der Waals surface area contributed by atoms with Gasteiger partial charge in [0.25, 0.3) is 0 Å². The molecule has 0 bridgehead atoms. The molecule has 5 atom stereocenters. The number of carbonyl (C=O) groups is 1. The molecule has 0 aromatic heterocycles. The molecule has 2 N–H and O–H groups in total. The largest absolute Gasteiger partial charge is 0.376 e. The van der Waals surface area contributed by atoms with Crippen molar-refractivity contribution in [1.29, 1.82) is 0 Å². The number of rotatable bonds is 5. The Labute approximate surface area is 175 Å². The van der Waals surface area contributed by atoms with Crippen molar-refractivity contribution < 1.29 is 18.7 Å². The van der Waals surface area contributed by atoms with Crippen LogP contribution in [0.15, 0.2) is 48.5 Å². The molecule has 1 saturated carbocycles. The highest BCUT2D eigenvalue weighted by molar-refractivity contribution is 5.83. The monoisotopic (exact) mass is 414 g/mol. The Bertz CT molecular complexity index is 902. The summed E-state index contributed by atoms with van der Waals surface area (Å²) in [7, 11) is 0. The number of hydrogen-bond acceptors (Lipinski definition) is 3. The SMILES string of the molecule is CC(C)C[C@H]1C(O)N[C@@H](c2ccccc2F)CN1C(=O)[C@@H]1C[C@H]1c1ccc(F)cc1. The first-order valence-corrected chi connectivity index (χ1v) is 10.6. The van der Waals surface area contributed by atoms with Gasteiger partial charge in [-0.15, -0.1) is 0 Å². The lowest BCUT2D eigenvalue weighted by Gasteiger charge is -2.44. The van der Waals surface area contributed by atoms with E-state index in [9.17, 15) is 18.7 Å². The quantitative estimate of drug-likeness (QED) is 0.778. The molecule has 160 valence electrons. The van der Waals surface area contributed by atoms with Crippen molar-refractivity contribution in [2.45, 2.75) is 50.9 Å². The summed E-state index contributed by atoms with van der Waals surface area (Å²) in [5.41, 5.74) is 1.40. The van der Waals surface area contributed by atoms with E-state index in [4.69, 9.17) is 0 Å². The summed E-state index contributed by atoms with van der Waals surface area (Å²) in [6.07, 6.45) is 0.430. The lowest BCUT2D eigenvalue weighted by molar-refractivity contribution is -0.143. The van der Waals surface area contributed by atoms with Crippen molar-refractivity contribution in [2.24, 2.45) is 11.8 Å². The number of piperazine rings is 1. The van der Waals surface area contributed by atoms with Gasteiger partial charge in [0.05, 0.1) is 12.1 Å². The smallest absolute Gasteiger partial charge is 0.226 e. The number of nitrogens with zero attached hydrogens (tertiary/aromatic N) is 1. The number of amides is 1. The van der Waals surface area contributed by atoms with E-state index in [1.807, 2.05) is 0 Å². The lowest BCUT2D eigenvalue weighted by atomic mass is 9.94. The Morgan fingerprint density at radius 3 is 2.53 bits per heavy atom. The van der Waals surface area contributed by atoms with Gasteiger partial charge in [0.2, 0.25) is 5.91 Å². The molecule has 1 saturated heterocycles. The Balaban J connectivity index is 1.56. The van der Waals surface area contributed by atoms with E-state index in [0.717, 1.165) is 5.56 Å². The maximum absolute atomic E-state index is 14.4. The van der Waals surface area contributed by atoms with Gasteiger partial charge in [-0.3, -0.25) is 10.1 Å². The summed E-state index contributed by atoms with van der Waals surface area (Å²) < 4.78 is 27.6. The lowest BCUT2D eigenvalue weighted by Crippen LogP contribution is -2.61. The fourth-order valence-electron chi connectivity index (χ4n) is 4.57. The molecule has 0 radical (unpaired) electrons. The highest BCUT2D eigenvalue weighted by Crippen LogP contribution is 2.49. The molecule has 4 nitrogen and oxygen atoms in total. The van der Waals surface area contributed by atoms with Gasteiger partial charge >= 0.3 is 0 Å². The highest BCUT2D eigenvalue weighted by atomic mass is 19.1. The molecular weight excluding hydrogens is 386 g/mol. The van der Waals surface area contributed by atoms with Crippen LogP contribution in [0.3, 0.4) is 0 Å². The maximum atomic E-state index is 14.4. The normalized spacial score (nSPS) is 28.6. The van der Waals surface area contributed by atoms with Crippen LogP contribution in [0, 0.1) is 23.5 Å². The Morgan fingerprint density at radius 2 is 1.87 bits per heavy atom. The van der Waals surface area contributed by atoms with Gasteiger partial charge in [-0.05, 0) is 48.4 Å². The van der Waals surface area contributed by atoms with Crippen LogP contribution >= 0.6 is 0 Å². The molecule has 4 rings (SSSR count). The van der Waals surface area contributed by atoms with E-state index in [-0.39, 0.29) is 35.4 Å². The fraction of sp³-hybridized carbons (Fsp3) is 0.458. The number of carbonyl (C=O) groups excluding carboxylic acids is 1. The fourth-order valence-corrected chi connectivity index (χ4v) is 4.57. The summed E-state index contributed by atoms with van der Waals surface area (Å²) >= 11 is 0. The predicted molar refractivity (Wildman–Crippen MR) is 110 cm³/mol. The average Bonchev–Trinajstić information content (AvgIpc) is 3.50. The van der Waals surface area contributed by atoms with Crippen molar-refractivity contribution in [2.75, 3.05) is 6.54 Å². The van der Waals surface area contributed by atoms with E-state index >= 15 is 0 Å². The third-order valence-corrected chi connectivity index (χ3v) is 6.20. The van der Waals surface area contributed by atoms with Crippen LogP contribution in [0.2, 0.25) is 0 Å². The van der Waals surface area contributed by atoms with Crippen molar-refractivity contribution in [1.82, 2.24) is 10.2 Å². The van der Waals surface area contributed by atoms with Gasteiger partial charge in [0, 0.05) is 18.0 Å². The molecule has 0 spiro atoms. The number of hydrogen-bond donors (Lipinski definition) is 2. The molecule has 1 unspecified atom stereocenters. The van der Waals surface area contributed by atoms with E-state index in [1.54, 1.807) is 35.2 Å². The molecule has 1 amide bonds. The van der Waals surface area contributed by atoms with Crippen LogP contribution in [0.5, 0.6) is 0 Å². The summed E-state index contributed by atoms with van der Waals surface area (Å²) in [5.74, 6) is -0.492. The number of nitrogens with one attached hydrogen (secondary N) is 1. The molecule has 1 heterocycles. The van der Waals surface area contributed by atoms with Crippen molar-refractivity contribution in [3.63, 3.8) is 0 Å². The van der Waals surface area contributed by atoms with Crippen LogP contribution in [-0.4, -0.2) is 34.7 Å². The third-order valence-electron chi connectivity index (χ3n) is 6.20.